The molecule has 1 N–H and O–H groups in total. The molecular weight excluding hydrogens is 230 g/mol. The Balaban J connectivity index is 3.13. The molecule has 0 aliphatic carbocycles. The maximum Gasteiger partial charge on any atom is 0.284 e. The number of allylic oxidation sites excluding steroid dienone is 1. The fourth-order valence-electron chi connectivity index (χ4n) is 1.65. The molecule has 96 valence electrons. The van der Waals surface area contributed by atoms with Gasteiger partial charge in [0.1, 0.15) is 0 Å². The normalized spacial score (nSPS) is 10.7. The molecule has 0 aromatic heterocycles. The van der Waals surface area contributed by atoms with Crippen molar-refractivity contribution in [2.24, 2.45) is 0 Å². The first-order valence-corrected chi connectivity index (χ1v) is 5.80. The molecule has 0 heterocycles. The second-order valence-electron chi connectivity index (χ2n) is 3.90. The minimum absolute atomic E-state index is 0.129. The van der Waals surface area contributed by atoms with Gasteiger partial charge in [-0.3, -0.25) is 14.8 Å². The molecule has 0 aliphatic rings. The molecule has 4 nitrogen and oxygen atoms in total. The van der Waals surface area contributed by atoms with Gasteiger partial charge >= 0.3 is 0 Å². The first-order valence-electron chi connectivity index (χ1n) is 5.80. The van der Waals surface area contributed by atoms with E-state index in [1.54, 1.807) is 18.2 Å². The average molecular weight is 247 g/mol. The molecule has 0 aliphatic heterocycles. The number of imide groups is 1. The van der Waals surface area contributed by atoms with Gasteiger partial charge < -0.3 is 0 Å². The lowest BCUT2D eigenvalue weighted by Gasteiger charge is -2.12. The van der Waals surface area contributed by atoms with E-state index in [-0.39, 0.29) is 5.06 Å². The number of benzene rings is 1. The topological polar surface area (TPSA) is 57.6 Å². The van der Waals surface area contributed by atoms with Crippen molar-refractivity contribution in [3.8, 4) is 0 Å². The lowest BCUT2D eigenvalue weighted by atomic mass is 10.0. The number of hydrogen-bond acceptors (Lipinski definition) is 3. The van der Waals surface area contributed by atoms with E-state index >= 15 is 0 Å². The highest BCUT2D eigenvalue weighted by molar-refractivity contribution is 6.03. The van der Waals surface area contributed by atoms with Crippen LogP contribution in [0.1, 0.15) is 42.3 Å². The van der Waals surface area contributed by atoms with Crippen LogP contribution in [-0.4, -0.2) is 22.1 Å². The fourth-order valence-corrected chi connectivity index (χ4v) is 1.65. The number of hydroxylamine groups is 2. The number of nitrogens with zero attached hydrogens (tertiary/aromatic N) is 1. The van der Waals surface area contributed by atoms with Gasteiger partial charge in [-0.2, -0.15) is 5.06 Å². The summed E-state index contributed by atoms with van der Waals surface area (Å²) < 4.78 is 0. The minimum atomic E-state index is -0.704. The summed E-state index contributed by atoms with van der Waals surface area (Å²) in [4.78, 5) is 22.7. The fraction of sp³-hybridized carbons (Fsp3) is 0.286. The van der Waals surface area contributed by atoms with Crippen LogP contribution in [0, 0.1) is 0 Å². The van der Waals surface area contributed by atoms with Gasteiger partial charge in [0.2, 0.25) is 5.91 Å². The summed E-state index contributed by atoms with van der Waals surface area (Å²) in [6.07, 6.45) is 4.64. The molecule has 1 aromatic rings. The van der Waals surface area contributed by atoms with E-state index in [4.69, 9.17) is 0 Å². The summed E-state index contributed by atoms with van der Waals surface area (Å²) in [6.45, 7) is 5.04. The van der Waals surface area contributed by atoms with Gasteiger partial charge in [0.05, 0.1) is 0 Å². The highest BCUT2D eigenvalue weighted by atomic mass is 16.5. The zero-order valence-corrected chi connectivity index (χ0v) is 10.8. The standard InChI is InChI=1S/C14H17NO3/c1-4-6-12-7-8-13(9-11(12)5-2)14(17)15(18)10(3)16/h4,6-9,18H,5H2,1-3H3. The van der Waals surface area contributed by atoms with Crippen molar-refractivity contribution in [3.63, 3.8) is 0 Å². The average Bonchev–Trinajstić information content (AvgIpc) is 2.37. The number of rotatable bonds is 3. The molecule has 2 amide bonds. The van der Waals surface area contributed by atoms with Crippen LogP contribution in [0.4, 0.5) is 0 Å². The summed E-state index contributed by atoms with van der Waals surface area (Å²) >= 11 is 0. The van der Waals surface area contributed by atoms with E-state index in [0.717, 1.165) is 24.5 Å². The first kappa shape index (κ1) is 14.1. The predicted octanol–water partition coefficient (Wildman–Crippen LogP) is 2.66. The Bertz CT molecular complexity index is 492. The Morgan fingerprint density at radius 1 is 1.39 bits per heavy atom. The van der Waals surface area contributed by atoms with Gasteiger partial charge in [0.25, 0.3) is 5.91 Å². The molecule has 0 saturated heterocycles. The number of aryl methyl sites for hydroxylation is 1. The van der Waals surface area contributed by atoms with Gasteiger partial charge in [-0.15, -0.1) is 0 Å². The molecule has 1 rings (SSSR count). The van der Waals surface area contributed by atoms with E-state index in [2.05, 4.69) is 0 Å². The molecule has 1 aromatic carbocycles. The Labute approximate surface area is 106 Å². The molecular formula is C14H17NO3. The van der Waals surface area contributed by atoms with Crippen LogP contribution in [0.15, 0.2) is 24.3 Å². The van der Waals surface area contributed by atoms with Crippen molar-refractivity contribution in [1.29, 1.82) is 0 Å². The Morgan fingerprint density at radius 3 is 2.56 bits per heavy atom. The maximum absolute atomic E-state index is 11.8. The predicted molar refractivity (Wildman–Crippen MR) is 69.2 cm³/mol. The summed E-state index contributed by atoms with van der Waals surface area (Å²) in [5.74, 6) is -1.40. The van der Waals surface area contributed by atoms with Crippen LogP contribution in [0.3, 0.4) is 0 Å². The van der Waals surface area contributed by atoms with Crippen molar-refractivity contribution in [2.75, 3.05) is 0 Å². The summed E-state index contributed by atoms with van der Waals surface area (Å²) in [5, 5.41) is 9.43. The van der Waals surface area contributed by atoms with Crippen molar-refractivity contribution in [3.05, 3.63) is 41.0 Å². The third-order valence-corrected chi connectivity index (χ3v) is 2.61. The third kappa shape index (κ3) is 3.05. The van der Waals surface area contributed by atoms with E-state index in [9.17, 15) is 14.8 Å². The Hall–Kier alpha value is -1.94. The van der Waals surface area contributed by atoms with Crippen LogP contribution in [0.5, 0.6) is 0 Å². The molecule has 0 fully saturated rings. The summed E-state index contributed by atoms with van der Waals surface area (Å²) in [5.41, 5.74) is 2.33. The number of carbonyl (C=O) groups is 2. The molecule has 18 heavy (non-hydrogen) atoms. The lowest BCUT2D eigenvalue weighted by Crippen LogP contribution is -2.31. The van der Waals surface area contributed by atoms with Gasteiger partial charge in [0.15, 0.2) is 0 Å². The van der Waals surface area contributed by atoms with Gasteiger partial charge in [-0.1, -0.05) is 25.1 Å². The van der Waals surface area contributed by atoms with Crippen molar-refractivity contribution in [2.45, 2.75) is 27.2 Å². The largest absolute Gasteiger partial charge is 0.284 e. The lowest BCUT2D eigenvalue weighted by molar-refractivity contribution is -0.151. The molecule has 0 atom stereocenters. The molecule has 4 heteroatoms. The molecule has 0 bridgehead atoms. The second-order valence-corrected chi connectivity index (χ2v) is 3.90. The Morgan fingerprint density at radius 2 is 2.06 bits per heavy atom. The number of hydrogen-bond donors (Lipinski definition) is 1. The molecule has 0 spiro atoms. The summed E-state index contributed by atoms with van der Waals surface area (Å²) in [7, 11) is 0. The monoisotopic (exact) mass is 247 g/mol. The molecule has 0 unspecified atom stereocenters. The maximum atomic E-state index is 11.8. The number of carbonyl (C=O) groups excluding carboxylic acids is 2. The van der Waals surface area contributed by atoms with Crippen molar-refractivity contribution in [1.82, 2.24) is 5.06 Å². The van der Waals surface area contributed by atoms with Gasteiger partial charge in [-0.25, -0.2) is 0 Å². The second kappa shape index (κ2) is 6.12. The van der Waals surface area contributed by atoms with Gasteiger partial charge in [-0.05, 0) is 36.6 Å². The van der Waals surface area contributed by atoms with Crippen molar-refractivity contribution < 1.29 is 14.8 Å². The van der Waals surface area contributed by atoms with Gasteiger partial charge in [0, 0.05) is 12.5 Å². The quantitative estimate of drug-likeness (QED) is 0.660. The summed E-state index contributed by atoms with van der Waals surface area (Å²) in [6, 6.07) is 5.10. The minimum Gasteiger partial charge on any atom is -0.278 e. The zero-order valence-electron chi connectivity index (χ0n) is 10.8. The SMILES string of the molecule is CC=Cc1ccc(C(=O)N(O)C(C)=O)cc1CC. The van der Waals surface area contributed by atoms with E-state index in [1.165, 1.54) is 0 Å². The molecule has 0 saturated carbocycles. The van der Waals surface area contributed by atoms with Crippen LogP contribution >= 0.6 is 0 Å². The molecule has 0 radical (unpaired) electrons. The zero-order chi connectivity index (χ0) is 13.7. The van der Waals surface area contributed by atoms with Crippen molar-refractivity contribution >= 4 is 17.9 Å². The smallest absolute Gasteiger partial charge is 0.278 e. The highest BCUT2D eigenvalue weighted by Gasteiger charge is 2.18. The highest BCUT2D eigenvalue weighted by Crippen LogP contribution is 2.16. The van der Waals surface area contributed by atoms with Crippen LogP contribution in [0.2, 0.25) is 0 Å². The Kier molecular flexibility index (Phi) is 4.80. The van der Waals surface area contributed by atoms with E-state index in [0.29, 0.717) is 5.56 Å². The van der Waals surface area contributed by atoms with Crippen LogP contribution < -0.4 is 0 Å². The first-order chi connectivity index (χ1) is 8.51. The van der Waals surface area contributed by atoms with Crippen LogP contribution in [-0.2, 0) is 11.2 Å². The third-order valence-electron chi connectivity index (χ3n) is 2.61. The van der Waals surface area contributed by atoms with E-state index < -0.39 is 11.8 Å². The van der Waals surface area contributed by atoms with Crippen LogP contribution in [0.25, 0.3) is 6.08 Å². The number of amides is 2. The van der Waals surface area contributed by atoms with E-state index in [1.807, 2.05) is 26.0 Å².